The number of ether oxygens (including phenoxy) is 2. The first-order chi connectivity index (χ1) is 16.0. The minimum absolute atomic E-state index is 0.205. The van der Waals surface area contributed by atoms with Crippen LogP contribution in [0.5, 0.6) is 5.75 Å². The van der Waals surface area contributed by atoms with E-state index in [1.807, 2.05) is 30.3 Å². The van der Waals surface area contributed by atoms with Gasteiger partial charge in [0.25, 0.3) is 5.91 Å². The molecule has 0 saturated carbocycles. The standard InChI is InChI=1S/C26H29N3O4/c1-3-32-26(31)20-8-4-5-9-21(20)27-24(30)17-33-22-10-6-7-19-11-12-23(28-25(19)22)29-15-13-18(2)14-16-29/h4-12,18H,3,13-17H2,1-2H3,(H,27,30). The summed E-state index contributed by atoms with van der Waals surface area (Å²) in [6, 6.07) is 16.5. The second-order valence-corrected chi connectivity index (χ2v) is 8.27. The van der Waals surface area contributed by atoms with Crippen molar-refractivity contribution in [1.29, 1.82) is 0 Å². The number of pyridine rings is 1. The molecule has 7 heteroatoms. The van der Waals surface area contributed by atoms with Crippen LogP contribution in [0.1, 0.15) is 37.0 Å². The summed E-state index contributed by atoms with van der Waals surface area (Å²) in [7, 11) is 0. The summed E-state index contributed by atoms with van der Waals surface area (Å²) in [6.07, 6.45) is 2.32. The van der Waals surface area contributed by atoms with Crippen LogP contribution in [0.2, 0.25) is 0 Å². The van der Waals surface area contributed by atoms with Gasteiger partial charge in [0.1, 0.15) is 17.1 Å². The Balaban J connectivity index is 1.47. The number of para-hydroxylation sites is 2. The lowest BCUT2D eigenvalue weighted by molar-refractivity contribution is -0.118. The lowest BCUT2D eigenvalue weighted by atomic mass is 9.99. The molecule has 1 aromatic heterocycles. The minimum atomic E-state index is -0.479. The number of piperidine rings is 1. The molecule has 4 rings (SSSR count). The molecular weight excluding hydrogens is 418 g/mol. The Bertz CT molecular complexity index is 1140. The van der Waals surface area contributed by atoms with E-state index in [2.05, 4.69) is 17.1 Å². The summed E-state index contributed by atoms with van der Waals surface area (Å²) in [6.45, 7) is 6.06. The molecule has 1 N–H and O–H groups in total. The lowest BCUT2D eigenvalue weighted by Gasteiger charge is -2.31. The fourth-order valence-corrected chi connectivity index (χ4v) is 3.95. The Kier molecular flexibility index (Phi) is 7.07. The molecule has 0 spiro atoms. The minimum Gasteiger partial charge on any atom is -0.481 e. The van der Waals surface area contributed by atoms with Gasteiger partial charge >= 0.3 is 5.97 Å². The molecule has 3 aromatic rings. The van der Waals surface area contributed by atoms with Gasteiger partial charge in [0.05, 0.1) is 17.9 Å². The molecule has 1 saturated heterocycles. The van der Waals surface area contributed by atoms with Crippen molar-refractivity contribution < 1.29 is 19.1 Å². The van der Waals surface area contributed by atoms with Crippen LogP contribution < -0.4 is 15.0 Å². The Morgan fingerprint density at radius 2 is 1.85 bits per heavy atom. The van der Waals surface area contributed by atoms with E-state index >= 15 is 0 Å². The van der Waals surface area contributed by atoms with Crippen LogP contribution in [0, 0.1) is 5.92 Å². The summed E-state index contributed by atoms with van der Waals surface area (Å²) in [5.74, 6) is 1.37. The predicted molar refractivity (Wildman–Crippen MR) is 129 cm³/mol. The molecule has 0 atom stereocenters. The summed E-state index contributed by atoms with van der Waals surface area (Å²) in [4.78, 5) is 31.9. The molecule has 0 unspecified atom stereocenters. The van der Waals surface area contributed by atoms with E-state index in [1.165, 1.54) is 0 Å². The number of fused-ring (bicyclic) bond motifs is 1. The number of esters is 1. The molecule has 1 fully saturated rings. The molecule has 0 radical (unpaired) electrons. The fraction of sp³-hybridized carbons (Fsp3) is 0.346. The summed E-state index contributed by atoms with van der Waals surface area (Å²) < 4.78 is 10.9. The highest BCUT2D eigenvalue weighted by atomic mass is 16.5. The molecule has 172 valence electrons. The van der Waals surface area contributed by atoms with Gasteiger partial charge in [-0.1, -0.05) is 31.2 Å². The van der Waals surface area contributed by atoms with Gasteiger partial charge in [0.2, 0.25) is 0 Å². The zero-order chi connectivity index (χ0) is 23.2. The Labute approximate surface area is 193 Å². The van der Waals surface area contributed by atoms with Gasteiger partial charge in [0.15, 0.2) is 6.61 Å². The fourth-order valence-electron chi connectivity index (χ4n) is 3.95. The van der Waals surface area contributed by atoms with Crippen molar-refractivity contribution in [3.05, 3.63) is 60.2 Å². The van der Waals surface area contributed by atoms with Crippen molar-refractivity contribution in [2.45, 2.75) is 26.7 Å². The van der Waals surface area contributed by atoms with Crippen LogP contribution in [0.3, 0.4) is 0 Å². The van der Waals surface area contributed by atoms with E-state index in [4.69, 9.17) is 14.5 Å². The largest absolute Gasteiger partial charge is 0.481 e. The zero-order valence-electron chi connectivity index (χ0n) is 19.0. The van der Waals surface area contributed by atoms with Crippen molar-refractivity contribution in [3.8, 4) is 5.75 Å². The first kappa shape index (κ1) is 22.6. The highest BCUT2D eigenvalue weighted by Crippen LogP contribution is 2.28. The molecule has 0 aliphatic carbocycles. The number of amides is 1. The van der Waals surface area contributed by atoms with Gasteiger partial charge in [-0.3, -0.25) is 4.79 Å². The number of nitrogens with zero attached hydrogens (tertiary/aromatic N) is 2. The Hall–Kier alpha value is -3.61. The number of anilines is 2. The molecule has 1 aliphatic rings. The number of benzene rings is 2. The second kappa shape index (κ2) is 10.3. The maximum atomic E-state index is 12.6. The van der Waals surface area contributed by atoms with Crippen LogP contribution in [0.4, 0.5) is 11.5 Å². The number of rotatable bonds is 7. The SMILES string of the molecule is CCOC(=O)c1ccccc1NC(=O)COc1cccc2ccc(N3CCC(C)CC3)nc12. The van der Waals surface area contributed by atoms with Gasteiger partial charge in [0, 0.05) is 18.5 Å². The quantitative estimate of drug-likeness (QED) is 0.531. The maximum absolute atomic E-state index is 12.6. The molecule has 2 aromatic carbocycles. The van der Waals surface area contributed by atoms with Gasteiger partial charge in [-0.25, -0.2) is 9.78 Å². The first-order valence-corrected chi connectivity index (χ1v) is 11.4. The molecular formula is C26H29N3O4. The van der Waals surface area contributed by atoms with Crippen molar-refractivity contribution in [3.63, 3.8) is 0 Å². The number of aromatic nitrogens is 1. The van der Waals surface area contributed by atoms with Crippen LogP contribution in [-0.2, 0) is 9.53 Å². The normalized spacial score (nSPS) is 14.2. The van der Waals surface area contributed by atoms with Crippen LogP contribution >= 0.6 is 0 Å². The van der Waals surface area contributed by atoms with Crippen LogP contribution in [-0.4, -0.2) is 43.2 Å². The van der Waals surface area contributed by atoms with E-state index in [1.54, 1.807) is 31.2 Å². The number of carbonyl (C=O) groups excluding carboxylic acids is 2. The van der Waals surface area contributed by atoms with Crippen molar-refractivity contribution in [2.75, 3.05) is 36.5 Å². The molecule has 2 heterocycles. The van der Waals surface area contributed by atoms with E-state index in [-0.39, 0.29) is 19.1 Å². The Morgan fingerprint density at radius 1 is 1.06 bits per heavy atom. The van der Waals surface area contributed by atoms with Crippen LogP contribution in [0.15, 0.2) is 54.6 Å². The topological polar surface area (TPSA) is 80.8 Å². The maximum Gasteiger partial charge on any atom is 0.340 e. The number of hydrogen-bond acceptors (Lipinski definition) is 6. The smallest absolute Gasteiger partial charge is 0.340 e. The molecule has 1 aliphatic heterocycles. The molecule has 0 bridgehead atoms. The van der Waals surface area contributed by atoms with Crippen molar-refractivity contribution in [1.82, 2.24) is 4.98 Å². The predicted octanol–water partition coefficient (Wildman–Crippen LogP) is 4.67. The highest BCUT2D eigenvalue weighted by Gasteiger charge is 2.18. The van der Waals surface area contributed by atoms with Gasteiger partial charge in [-0.05, 0) is 56.0 Å². The van der Waals surface area contributed by atoms with Gasteiger partial charge in [-0.15, -0.1) is 0 Å². The summed E-state index contributed by atoms with van der Waals surface area (Å²) >= 11 is 0. The third-order valence-corrected chi connectivity index (χ3v) is 5.83. The number of nitrogens with one attached hydrogen (secondary N) is 1. The van der Waals surface area contributed by atoms with E-state index < -0.39 is 5.97 Å². The monoisotopic (exact) mass is 447 g/mol. The van der Waals surface area contributed by atoms with E-state index in [0.717, 1.165) is 48.6 Å². The first-order valence-electron chi connectivity index (χ1n) is 11.4. The average Bonchev–Trinajstić information content (AvgIpc) is 2.83. The third-order valence-electron chi connectivity index (χ3n) is 5.83. The van der Waals surface area contributed by atoms with Crippen LogP contribution in [0.25, 0.3) is 10.9 Å². The van der Waals surface area contributed by atoms with Crippen molar-refractivity contribution in [2.24, 2.45) is 5.92 Å². The number of hydrogen-bond donors (Lipinski definition) is 1. The third kappa shape index (κ3) is 5.42. The average molecular weight is 448 g/mol. The van der Waals surface area contributed by atoms with Crippen molar-refractivity contribution >= 4 is 34.3 Å². The molecule has 7 nitrogen and oxygen atoms in total. The van der Waals surface area contributed by atoms with Gasteiger partial charge < -0.3 is 19.7 Å². The van der Waals surface area contributed by atoms with E-state index in [9.17, 15) is 9.59 Å². The Morgan fingerprint density at radius 3 is 2.64 bits per heavy atom. The number of carbonyl (C=O) groups is 2. The molecule has 1 amide bonds. The second-order valence-electron chi connectivity index (χ2n) is 8.27. The van der Waals surface area contributed by atoms with Gasteiger partial charge in [-0.2, -0.15) is 0 Å². The van der Waals surface area contributed by atoms with E-state index in [0.29, 0.717) is 17.0 Å². The molecule has 33 heavy (non-hydrogen) atoms. The lowest BCUT2D eigenvalue weighted by Crippen LogP contribution is -2.33. The summed E-state index contributed by atoms with van der Waals surface area (Å²) in [5, 5.41) is 3.70. The summed E-state index contributed by atoms with van der Waals surface area (Å²) in [5.41, 5.74) is 1.43. The highest BCUT2D eigenvalue weighted by molar-refractivity contribution is 6.01. The zero-order valence-corrected chi connectivity index (χ0v) is 19.0.